The summed E-state index contributed by atoms with van der Waals surface area (Å²) in [5.74, 6) is -1.34. The molecule has 0 radical (unpaired) electrons. The van der Waals surface area contributed by atoms with Crippen molar-refractivity contribution in [2.75, 3.05) is 38.5 Å². The second-order valence-corrected chi connectivity index (χ2v) is 4.02. The Labute approximate surface area is 104 Å². The summed E-state index contributed by atoms with van der Waals surface area (Å²) in [6.45, 7) is 3.09. The minimum Gasteiger partial charge on any atom is -0.304 e. The van der Waals surface area contributed by atoms with E-state index in [4.69, 9.17) is 0 Å². The number of likely N-dealkylation sites (N-methyl/N-ethyl adjacent to an activating group) is 1. The van der Waals surface area contributed by atoms with Gasteiger partial charge in [0.1, 0.15) is 6.33 Å². The maximum absolute atomic E-state index is 11.6. The fourth-order valence-corrected chi connectivity index (χ4v) is 1.54. The van der Waals surface area contributed by atoms with Gasteiger partial charge in [0.15, 0.2) is 0 Å². The van der Waals surface area contributed by atoms with Gasteiger partial charge in [0.25, 0.3) is 0 Å². The van der Waals surface area contributed by atoms with Crippen LogP contribution < -0.4 is 10.7 Å². The molecule has 2 heterocycles. The lowest BCUT2D eigenvalue weighted by Gasteiger charge is -2.31. The lowest BCUT2D eigenvalue weighted by atomic mass is 10.4. The molecule has 1 fully saturated rings. The highest BCUT2D eigenvalue weighted by Crippen LogP contribution is 1.96. The molecule has 0 aliphatic carbocycles. The quantitative estimate of drug-likeness (QED) is 0.527. The second-order valence-electron chi connectivity index (χ2n) is 4.02. The fraction of sp³-hybridized carbons (Fsp3) is 0.556. The number of hydrogen-bond donors (Lipinski definition) is 3. The van der Waals surface area contributed by atoms with Crippen LogP contribution in [-0.2, 0) is 9.59 Å². The van der Waals surface area contributed by atoms with E-state index in [1.165, 1.54) is 6.33 Å². The number of carbonyl (C=O) groups is 2. The summed E-state index contributed by atoms with van der Waals surface area (Å²) >= 11 is 0. The van der Waals surface area contributed by atoms with Gasteiger partial charge in [-0.15, -0.1) is 0 Å². The second kappa shape index (κ2) is 5.56. The van der Waals surface area contributed by atoms with E-state index in [1.54, 1.807) is 5.01 Å². The lowest BCUT2D eigenvalue weighted by Crippen LogP contribution is -2.54. The Morgan fingerprint density at radius 3 is 2.61 bits per heavy atom. The maximum Gasteiger partial charge on any atom is 0.324 e. The van der Waals surface area contributed by atoms with Crippen LogP contribution in [0.2, 0.25) is 0 Å². The summed E-state index contributed by atoms with van der Waals surface area (Å²) in [6, 6.07) is 0. The lowest BCUT2D eigenvalue weighted by molar-refractivity contribution is -0.139. The van der Waals surface area contributed by atoms with E-state index in [-0.39, 0.29) is 5.95 Å². The zero-order valence-corrected chi connectivity index (χ0v) is 10.0. The zero-order chi connectivity index (χ0) is 13.0. The van der Waals surface area contributed by atoms with Crippen molar-refractivity contribution in [2.45, 2.75) is 0 Å². The van der Waals surface area contributed by atoms with Gasteiger partial charge < -0.3 is 4.90 Å². The standard InChI is InChI=1S/C9H15N7O2/c1-15-2-4-16(5-3-15)14-8(18)7(17)12-9-10-6-11-13-9/h6H,2-5H2,1H3,(H,14,18)(H2,10,11,12,13,17). The number of rotatable bonds is 2. The van der Waals surface area contributed by atoms with Crippen molar-refractivity contribution in [2.24, 2.45) is 0 Å². The van der Waals surface area contributed by atoms with Crippen LogP contribution in [0.25, 0.3) is 0 Å². The molecule has 1 aliphatic heterocycles. The average Bonchev–Trinajstić information content (AvgIpc) is 2.85. The van der Waals surface area contributed by atoms with E-state index in [0.717, 1.165) is 13.1 Å². The number of hydrazine groups is 1. The summed E-state index contributed by atoms with van der Waals surface area (Å²) in [4.78, 5) is 28.9. The van der Waals surface area contributed by atoms with Crippen molar-refractivity contribution < 1.29 is 9.59 Å². The number of amides is 2. The van der Waals surface area contributed by atoms with E-state index in [2.05, 4.69) is 30.8 Å². The predicted molar refractivity (Wildman–Crippen MR) is 62.2 cm³/mol. The topological polar surface area (TPSA) is 106 Å². The summed E-state index contributed by atoms with van der Waals surface area (Å²) in [5, 5.41) is 10.0. The Morgan fingerprint density at radius 2 is 2.00 bits per heavy atom. The monoisotopic (exact) mass is 253 g/mol. The Morgan fingerprint density at radius 1 is 1.28 bits per heavy atom. The highest BCUT2D eigenvalue weighted by atomic mass is 16.2. The number of nitrogens with zero attached hydrogens (tertiary/aromatic N) is 4. The fourth-order valence-electron chi connectivity index (χ4n) is 1.54. The van der Waals surface area contributed by atoms with Crippen molar-refractivity contribution in [3.05, 3.63) is 6.33 Å². The molecule has 1 aromatic heterocycles. The van der Waals surface area contributed by atoms with Gasteiger partial charge in [0, 0.05) is 26.2 Å². The van der Waals surface area contributed by atoms with Crippen LogP contribution in [0.1, 0.15) is 0 Å². The third-order valence-electron chi connectivity index (χ3n) is 2.62. The first-order chi connectivity index (χ1) is 8.65. The summed E-state index contributed by atoms with van der Waals surface area (Å²) < 4.78 is 0. The van der Waals surface area contributed by atoms with Crippen LogP contribution in [0.3, 0.4) is 0 Å². The molecular formula is C9H15N7O2. The number of carbonyl (C=O) groups excluding carboxylic acids is 2. The van der Waals surface area contributed by atoms with E-state index in [1.807, 2.05) is 7.05 Å². The number of hydrogen-bond acceptors (Lipinski definition) is 6. The molecule has 9 heteroatoms. The van der Waals surface area contributed by atoms with Crippen LogP contribution in [-0.4, -0.2) is 70.1 Å². The number of nitrogens with one attached hydrogen (secondary N) is 3. The van der Waals surface area contributed by atoms with Crippen LogP contribution in [0.4, 0.5) is 5.95 Å². The maximum atomic E-state index is 11.6. The molecule has 9 nitrogen and oxygen atoms in total. The molecular weight excluding hydrogens is 238 g/mol. The first kappa shape index (κ1) is 12.5. The first-order valence-electron chi connectivity index (χ1n) is 5.56. The van der Waals surface area contributed by atoms with Gasteiger partial charge in [-0.3, -0.25) is 20.3 Å². The van der Waals surface area contributed by atoms with Gasteiger partial charge in [0.2, 0.25) is 5.95 Å². The number of piperazine rings is 1. The van der Waals surface area contributed by atoms with Crippen LogP contribution in [0, 0.1) is 0 Å². The van der Waals surface area contributed by atoms with Gasteiger partial charge in [-0.2, -0.15) is 10.1 Å². The molecule has 0 aromatic carbocycles. The normalized spacial score (nSPS) is 17.4. The van der Waals surface area contributed by atoms with Gasteiger partial charge >= 0.3 is 11.8 Å². The van der Waals surface area contributed by atoms with E-state index >= 15 is 0 Å². The molecule has 0 atom stereocenters. The molecule has 1 saturated heterocycles. The van der Waals surface area contributed by atoms with Crippen molar-refractivity contribution in [1.82, 2.24) is 30.5 Å². The van der Waals surface area contributed by atoms with Crippen molar-refractivity contribution in [3.8, 4) is 0 Å². The highest BCUT2D eigenvalue weighted by molar-refractivity contribution is 6.39. The van der Waals surface area contributed by atoms with Gasteiger partial charge in [-0.1, -0.05) is 0 Å². The zero-order valence-electron chi connectivity index (χ0n) is 10.0. The Kier molecular flexibility index (Phi) is 3.85. The molecule has 0 unspecified atom stereocenters. The molecule has 98 valence electrons. The van der Waals surface area contributed by atoms with Crippen molar-refractivity contribution in [1.29, 1.82) is 0 Å². The SMILES string of the molecule is CN1CCN(NC(=O)C(=O)Nc2ncn[nH]2)CC1. The molecule has 18 heavy (non-hydrogen) atoms. The Hall–Kier alpha value is -2.00. The molecule has 1 aliphatic rings. The van der Waals surface area contributed by atoms with Gasteiger partial charge in [-0.05, 0) is 7.05 Å². The minimum atomic E-state index is -0.773. The van der Waals surface area contributed by atoms with E-state index in [0.29, 0.717) is 13.1 Å². The summed E-state index contributed by atoms with van der Waals surface area (Å²) in [7, 11) is 2.01. The molecule has 2 rings (SSSR count). The van der Waals surface area contributed by atoms with Gasteiger partial charge in [-0.25, -0.2) is 10.1 Å². The molecule has 0 spiro atoms. The minimum absolute atomic E-state index is 0.147. The number of anilines is 1. The van der Waals surface area contributed by atoms with Crippen LogP contribution >= 0.6 is 0 Å². The van der Waals surface area contributed by atoms with E-state index < -0.39 is 11.8 Å². The Bertz CT molecular complexity index is 411. The molecule has 0 bridgehead atoms. The Balaban J connectivity index is 1.79. The number of H-pyrrole nitrogens is 1. The smallest absolute Gasteiger partial charge is 0.304 e. The summed E-state index contributed by atoms with van der Waals surface area (Å²) in [6.07, 6.45) is 1.24. The highest BCUT2D eigenvalue weighted by Gasteiger charge is 2.20. The molecule has 1 aromatic rings. The van der Waals surface area contributed by atoms with Crippen molar-refractivity contribution in [3.63, 3.8) is 0 Å². The number of aromatic amines is 1. The third kappa shape index (κ3) is 3.25. The summed E-state index contributed by atoms with van der Waals surface area (Å²) in [5.41, 5.74) is 2.55. The van der Waals surface area contributed by atoms with Crippen molar-refractivity contribution >= 4 is 17.8 Å². The van der Waals surface area contributed by atoms with Crippen LogP contribution in [0.5, 0.6) is 0 Å². The molecule has 3 N–H and O–H groups in total. The third-order valence-corrected chi connectivity index (χ3v) is 2.62. The number of aromatic nitrogens is 3. The predicted octanol–water partition coefficient (Wildman–Crippen LogP) is -1.98. The van der Waals surface area contributed by atoms with E-state index in [9.17, 15) is 9.59 Å². The van der Waals surface area contributed by atoms with Crippen LogP contribution in [0.15, 0.2) is 6.33 Å². The molecule has 0 saturated carbocycles. The largest absolute Gasteiger partial charge is 0.324 e. The van der Waals surface area contributed by atoms with Gasteiger partial charge in [0.05, 0.1) is 0 Å². The average molecular weight is 253 g/mol. The molecule has 2 amide bonds. The first-order valence-corrected chi connectivity index (χ1v) is 5.56.